The van der Waals surface area contributed by atoms with Gasteiger partial charge in [0.25, 0.3) is 5.56 Å². The zero-order chi connectivity index (χ0) is 17.8. The van der Waals surface area contributed by atoms with Crippen LogP contribution in [0.1, 0.15) is 17.2 Å². The van der Waals surface area contributed by atoms with E-state index in [0.717, 1.165) is 15.8 Å². The van der Waals surface area contributed by atoms with Crippen molar-refractivity contribution in [2.24, 2.45) is 5.73 Å². The largest absolute Gasteiger partial charge is 0.353 e. The molecule has 3 N–H and O–H groups in total. The fourth-order valence-electron chi connectivity index (χ4n) is 2.47. The van der Waals surface area contributed by atoms with E-state index in [2.05, 4.69) is 15.6 Å². The van der Waals surface area contributed by atoms with Crippen molar-refractivity contribution in [1.29, 1.82) is 0 Å². The first kappa shape index (κ1) is 16.8. The van der Waals surface area contributed by atoms with Gasteiger partial charge in [0.05, 0.1) is 5.39 Å². The molecule has 1 unspecified atom stereocenters. The SMILES string of the molecule is Cc1ccc(C(N)CNC(=O)Cn2nnc3ccccc3c2=O)cc1. The molecule has 0 saturated heterocycles. The third-order valence-electron chi connectivity index (χ3n) is 3.95. The molecule has 0 saturated carbocycles. The smallest absolute Gasteiger partial charge is 0.278 e. The Hall–Kier alpha value is -3.06. The Balaban J connectivity index is 1.64. The average molecular weight is 337 g/mol. The van der Waals surface area contributed by atoms with Crippen LogP contribution in [0.5, 0.6) is 0 Å². The summed E-state index contributed by atoms with van der Waals surface area (Å²) in [6.45, 7) is 2.08. The molecule has 0 radical (unpaired) electrons. The Kier molecular flexibility index (Phi) is 4.85. The number of hydrogen-bond donors (Lipinski definition) is 2. The second kappa shape index (κ2) is 7.23. The van der Waals surface area contributed by atoms with E-state index in [4.69, 9.17) is 5.73 Å². The number of aryl methyl sites for hydroxylation is 1. The summed E-state index contributed by atoms with van der Waals surface area (Å²) >= 11 is 0. The molecule has 128 valence electrons. The van der Waals surface area contributed by atoms with Crippen LogP contribution >= 0.6 is 0 Å². The maximum Gasteiger partial charge on any atom is 0.278 e. The van der Waals surface area contributed by atoms with E-state index in [9.17, 15) is 9.59 Å². The lowest BCUT2D eigenvalue weighted by molar-refractivity contribution is -0.122. The Morgan fingerprint density at radius 2 is 1.92 bits per heavy atom. The molecule has 0 aliphatic heterocycles. The number of rotatable bonds is 5. The lowest BCUT2D eigenvalue weighted by atomic mass is 10.1. The molecule has 3 rings (SSSR count). The molecule has 1 heterocycles. The molecule has 3 aromatic rings. The molecule has 2 aromatic carbocycles. The summed E-state index contributed by atoms with van der Waals surface area (Å²) in [6.07, 6.45) is 0. The molecule has 1 aromatic heterocycles. The number of benzene rings is 2. The average Bonchev–Trinajstić information content (AvgIpc) is 2.63. The molecule has 7 heteroatoms. The zero-order valence-corrected chi connectivity index (χ0v) is 13.8. The molecule has 0 spiro atoms. The van der Waals surface area contributed by atoms with Crippen LogP contribution in [-0.2, 0) is 11.3 Å². The highest BCUT2D eigenvalue weighted by atomic mass is 16.2. The van der Waals surface area contributed by atoms with Crippen LogP contribution < -0.4 is 16.6 Å². The summed E-state index contributed by atoms with van der Waals surface area (Å²) in [4.78, 5) is 24.4. The van der Waals surface area contributed by atoms with Gasteiger partial charge in [0, 0.05) is 12.6 Å². The van der Waals surface area contributed by atoms with Crippen LogP contribution in [0.4, 0.5) is 0 Å². The van der Waals surface area contributed by atoms with Gasteiger partial charge in [-0.05, 0) is 24.6 Å². The second-order valence-electron chi connectivity index (χ2n) is 5.89. The van der Waals surface area contributed by atoms with Crippen LogP contribution in [0, 0.1) is 6.92 Å². The van der Waals surface area contributed by atoms with Crippen molar-refractivity contribution in [3.63, 3.8) is 0 Å². The first-order valence-corrected chi connectivity index (χ1v) is 7.96. The maximum atomic E-state index is 12.3. The lowest BCUT2D eigenvalue weighted by Crippen LogP contribution is -2.37. The van der Waals surface area contributed by atoms with Crippen molar-refractivity contribution >= 4 is 16.8 Å². The molecule has 0 fully saturated rings. The van der Waals surface area contributed by atoms with Crippen molar-refractivity contribution < 1.29 is 4.79 Å². The van der Waals surface area contributed by atoms with Crippen LogP contribution in [0.3, 0.4) is 0 Å². The lowest BCUT2D eigenvalue weighted by Gasteiger charge is -2.13. The minimum Gasteiger partial charge on any atom is -0.353 e. The highest BCUT2D eigenvalue weighted by molar-refractivity contribution is 5.78. The van der Waals surface area contributed by atoms with Gasteiger partial charge in [-0.1, -0.05) is 47.2 Å². The number of fused-ring (bicyclic) bond motifs is 1. The van der Waals surface area contributed by atoms with E-state index >= 15 is 0 Å². The maximum absolute atomic E-state index is 12.3. The standard InChI is InChI=1S/C18H19N5O2/c1-12-6-8-13(9-7-12)15(19)10-20-17(24)11-23-18(25)14-4-2-3-5-16(14)21-22-23/h2-9,15H,10-11,19H2,1H3,(H,20,24). The highest BCUT2D eigenvalue weighted by Gasteiger charge is 2.11. The Labute approximate surface area is 144 Å². The van der Waals surface area contributed by atoms with Crippen molar-refractivity contribution in [1.82, 2.24) is 20.3 Å². The third kappa shape index (κ3) is 3.89. The van der Waals surface area contributed by atoms with Gasteiger partial charge in [-0.3, -0.25) is 9.59 Å². The quantitative estimate of drug-likeness (QED) is 0.720. The molecule has 0 aliphatic carbocycles. The molecular formula is C18H19N5O2. The van der Waals surface area contributed by atoms with Crippen LogP contribution in [0.25, 0.3) is 10.9 Å². The van der Waals surface area contributed by atoms with E-state index in [0.29, 0.717) is 10.9 Å². The second-order valence-corrected chi connectivity index (χ2v) is 5.89. The van der Waals surface area contributed by atoms with Gasteiger partial charge < -0.3 is 11.1 Å². The Morgan fingerprint density at radius 3 is 2.68 bits per heavy atom. The van der Waals surface area contributed by atoms with E-state index in [-0.39, 0.29) is 30.6 Å². The van der Waals surface area contributed by atoms with E-state index in [1.807, 2.05) is 31.2 Å². The molecule has 7 nitrogen and oxygen atoms in total. The Bertz CT molecular complexity index is 950. The van der Waals surface area contributed by atoms with Crippen molar-refractivity contribution in [3.05, 3.63) is 70.0 Å². The van der Waals surface area contributed by atoms with Gasteiger partial charge in [0.15, 0.2) is 0 Å². The van der Waals surface area contributed by atoms with E-state index < -0.39 is 0 Å². The number of amides is 1. The van der Waals surface area contributed by atoms with Crippen molar-refractivity contribution in [2.75, 3.05) is 6.54 Å². The van der Waals surface area contributed by atoms with Crippen LogP contribution in [0.2, 0.25) is 0 Å². The molecule has 1 atom stereocenters. The normalized spacial score (nSPS) is 12.1. The minimum atomic E-state index is -0.344. The number of carbonyl (C=O) groups excluding carboxylic acids is 1. The van der Waals surface area contributed by atoms with Gasteiger partial charge >= 0.3 is 0 Å². The number of hydrogen-bond acceptors (Lipinski definition) is 5. The summed E-state index contributed by atoms with van der Waals surface area (Å²) in [6, 6.07) is 14.4. The number of nitrogens with zero attached hydrogens (tertiary/aromatic N) is 3. The summed E-state index contributed by atoms with van der Waals surface area (Å²) in [5, 5.41) is 10.9. The number of nitrogens with one attached hydrogen (secondary N) is 1. The first-order valence-electron chi connectivity index (χ1n) is 7.96. The van der Waals surface area contributed by atoms with Gasteiger partial charge in [0.2, 0.25) is 5.91 Å². The summed E-state index contributed by atoms with van der Waals surface area (Å²) in [5.74, 6) is -0.339. The van der Waals surface area contributed by atoms with Crippen molar-refractivity contribution in [2.45, 2.75) is 19.5 Å². The molecular weight excluding hydrogens is 318 g/mol. The predicted molar refractivity (Wildman–Crippen MR) is 94.9 cm³/mol. The highest BCUT2D eigenvalue weighted by Crippen LogP contribution is 2.10. The van der Waals surface area contributed by atoms with Gasteiger partial charge in [-0.15, -0.1) is 5.10 Å². The van der Waals surface area contributed by atoms with Gasteiger partial charge in [-0.25, -0.2) is 4.68 Å². The monoisotopic (exact) mass is 337 g/mol. The summed E-state index contributed by atoms with van der Waals surface area (Å²) in [7, 11) is 0. The number of nitrogens with two attached hydrogens (primary N) is 1. The van der Waals surface area contributed by atoms with Gasteiger partial charge in [-0.2, -0.15) is 0 Å². The first-order chi connectivity index (χ1) is 12.0. The number of aromatic nitrogens is 3. The fraction of sp³-hybridized carbons (Fsp3) is 0.222. The zero-order valence-electron chi connectivity index (χ0n) is 13.8. The molecule has 0 aliphatic rings. The molecule has 1 amide bonds. The predicted octanol–water partition coefficient (Wildman–Crippen LogP) is 0.916. The van der Waals surface area contributed by atoms with Crippen molar-refractivity contribution in [3.8, 4) is 0 Å². The van der Waals surface area contributed by atoms with Crippen LogP contribution in [-0.4, -0.2) is 27.4 Å². The molecule has 0 bridgehead atoms. The fourth-order valence-corrected chi connectivity index (χ4v) is 2.47. The summed E-state index contributed by atoms with van der Waals surface area (Å²) < 4.78 is 1.05. The van der Waals surface area contributed by atoms with Gasteiger partial charge in [0.1, 0.15) is 12.1 Å². The minimum absolute atomic E-state index is 0.197. The topological polar surface area (TPSA) is 103 Å². The van der Waals surface area contributed by atoms with Crippen LogP contribution in [0.15, 0.2) is 53.3 Å². The summed E-state index contributed by atoms with van der Waals surface area (Å²) in [5.41, 5.74) is 8.33. The molecule has 25 heavy (non-hydrogen) atoms. The Morgan fingerprint density at radius 1 is 1.20 bits per heavy atom. The number of carbonyl (C=O) groups is 1. The van der Waals surface area contributed by atoms with E-state index in [1.54, 1.807) is 24.3 Å². The third-order valence-corrected chi connectivity index (χ3v) is 3.95. The van der Waals surface area contributed by atoms with E-state index in [1.165, 1.54) is 0 Å².